The Morgan fingerprint density at radius 1 is 1.80 bits per heavy atom. The van der Waals surface area contributed by atoms with E-state index in [1.54, 1.807) is 13.8 Å². The van der Waals surface area contributed by atoms with Crippen molar-refractivity contribution in [1.82, 2.24) is 9.78 Å². The second-order valence-electron chi connectivity index (χ2n) is 3.03. The molecule has 1 aromatic rings. The van der Waals surface area contributed by atoms with Gasteiger partial charge in [-0.2, -0.15) is 4.68 Å². The molecule has 0 radical (unpaired) electrons. The number of nitro groups is 1. The summed E-state index contributed by atoms with van der Waals surface area (Å²) < 4.78 is 1.58. The van der Waals surface area contributed by atoms with Crippen molar-refractivity contribution < 1.29 is 9.72 Å². The minimum absolute atomic E-state index is 0.0140. The van der Waals surface area contributed by atoms with E-state index < -0.39 is 11.0 Å². The summed E-state index contributed by atoms with van der Waals surface area (Å²) >= 11 is 3.02. The molecule has 1 rings (SSSR count). The number of carbonyl (C=O) groups excluding carboxylic acids is 1. The second kappa shape index (κ2) is 4.52. The quantitative estimate of drug-likeness (QED) is 0.623. The maximum Gasteiger partial charge on any atom is 0.404 e. The molecule has 0 amide bonds. The Hall–Kier alpha value is -1.24. The summed E-state index contributed by atoms with van der Waals surface area (Å²) in [6, 6.07) is -0.472. The molecule has 0 spiro atoms. The minimum atomic E-state index is -0.594. The van der Waals surface area contributed by atoms with Crippen LogP contribution in [-0.2, 0) is 4.79 Å². The summed E-state index contributed by atoms with van der Waals surface area (Å²) in [6.07, 6.45) is 1.82. The van der Waals surface area contributed by atoms with Gasteiger partial charge in [0.2, 0.25) is 0 Å². The van der Waals surface area contributed by atoms with Crippen LogP contribution in [0.25, 0.3) is 0 Å². The van der Waals surface area contributed by atoms with Gasteiger partial charge in [0.1, 0.15) is 10.5 Å². The lowest BCUT2D eigenvalue weighted by Gasteiger charge is -2.04. The second-order valence-corrected chi connectivity index (χ2v) is 3.89. The normalized spacial score (nSPS) is 12.5. The van der Waals surface area contributed by atoms with Gasteiger partial charge < -0.3 is 10.1 Å². The van der Waals surface area contributed by atoms with E-state index in [4.69, 9.17) is 0 Å². The summed E-state index contributed by atoms with van der Waals surface area (Å²) in [5, 5.41) is 14.2. The molecule has 1 heterocycles. The Morgan fingerprint density at radius 3 is 2.80 bits per heavy atom. The molecule has 0 saturated heterocycles. The molecule has 0 aliphatic carbocycles. The van der Waals surface area contributed by atoms with Crippen LogP contribution in [-0.4, -0.2) is 20.5 Å². The molecule has 1 atom stereocenters. The van der Waals surface area contributed by atoms with Crippen LogP contribution >= 0.6 is 15.9 Å². The van der Waals surface area contributed by atoms with Crippen molar-refractivity contribution >= 4 is 27.5 Å². The lowest BCUT2D eigenvalue weighted by molar-refractivity contribution is -0.390. The maximum absolute atomic E-state index is 11.4. The zero-order valence-electron chi connectivity index (χ0n) is 8.31. The van der Waals surface area contributed by atoms with E-state index in [1.807, 2.05) is 0 Å². The molecular formula is C8H10BrN3O3. The third-order valence-corrected chi connectivity index (χ3v) is 2.61. The first-order valence-corrected chi connectivity index (χ1v) is 5.18. The summed E-state index contributed by atoms with van der Waals surface area (Å²) in [5.41, 5.74) is 0. The average Bonchev–Trinajstić information content (AvgIpc) is 2.58. The third-order valence-electron chi connectivity index (χ3n) is 2.05. The molecule has 1 unspecified atom stereocenters. The fourth-order valence-electron chi connectivity index (χ4n) is 1.12. The van der Waals surface area contributed by atoms with Crippen LogP contribution in [0.3, 0.4) is 0 Å². The molecule has 0 bridgehead atoms. The number of ketones is 1. The van der Waals surface area contributed by atoms with Crippen molar-refractivity contribution in [2.24, 2.45) is 0 Å². The Bertz CT molecular complexity index is 402. The molecule has 0 fully saturated rings. The number of aromatic nitrogens is 2. The molecule has 6 nitrogen and oxygen atoms in total. The van der Waals surface area contributed by atoms with E-state index in [0.717, 1.165) is 0 Å². The van der Waals surface area contributed by atoms with Crippen molar-refractivity contribution in [3.05, 3.63) is 20.8 Å². The predicted molar refractivity (Wildman–Crippen MR) is 56.6 cm³/mol. The maximum atomic E-state index is 11.4. The monoisotopic (exact) mass is 275 g/mol. The van der Waals surface area contributed by atoms with Gasteiger partial charge in [-0.05, 0) is 27.8 Å². The zero-order valence-corrected chi connectivity index (χ0v) is 9.89. The largest absolute Gasteiger partial charge is 0.404 e. The predicted octanol–water partition coefficient (Wildman–Crippen LogP) is 2.09. The van der Waals surface area contributed by atoms with Gasteiger partial charge in [0.25, 0.3) is 0 Å². The van der Waals surface area contributed by atoms with Gasteiger partial charge in [-0.3, -0.25) is 4.79 Å². The Balaban J connectivity index is 3.02. The summed E-state index contributed by atoms with van der Waals surface area (Å²) in [4.78, 5) is 21.3. The highest BCUT2D eigenvalue weighted by atomic mass is 79.9. The van der Waals surface area contributed by atoms with Gasteiger partial charge in [-0.25, -0.2) is 0 Å². The Labute approximate surface area is 94.5 Å². The highest BCUT2D eigenvalue weighted by Crippen LogP contribution is 2.24. The Kier molecular flexibility index (Phi) is 3.57. The lowest BCUT2D eigenvalue weighted by atomic mass is 10.2. The van der Waals surface area contributed by atoms with E-state index in [0.29, 0.717) is 6.42 Å². The topological polar surface area (TPSA) is 78.0 Å². The molecule has 0 aliphatic heterocycles. The number of carbonyl (C=O) groups is 1. The van der Waals surface area contributed by atoms with E-state index >= 15 is 0 Å². The number of hydrogen-bond donors (Lipinski definition) is 0. The molecular weight excluding hydrogens is 266 g/mol. The number of nitrogens with zero attached hydrogens (tertiary/aromatic N) is 3. The van der Waals surface area contributed by atoms with Gasteiger partial charge >= 0.3 is 5.82 Å². The zero-order chi connectivity index (χ0) is 11.6. The smallest absolute Gasteiger partial charge is 0.358 e. The average molecular weight is 276 g/mol. The van der Waals surface area contributed by atoms with E-state index in [2.05, 4.69) is 21.0 Å². The number of Topliss-reactive ketones (excluding diaryl/α,β-unsaturated/α-hetero) is 1. The van der Waals surface area contributed by atoms with Crippen LogP contribution in [0.15, 0.2) is 10.7 Å². The molecule has 15 heavy (non-hydrogen) atoms. The molecule has 0 N–H and O–H groups in total. The lowest BCUT2D eigenvalue weighted by Crippen LogP contribution is -2.16. The molecule has 82 valence electrons. The first kappa shape index (κ1) is 11.8. The molecule has 7 heteroatoms. The summed E-state index contributed by atoms with van der Waals surface area (Å²) in [5.74, 6) is -0.286. The summed E-state index contributed by atoms with van der Waals surface area (Å²) in [6.45, 7) is 3.40. The minimum Gasteiger partial charge on any atom is -0.358 e. The number of rotatable bonds is 4. The standard InChI is InChI=1S/C8H10BrN3O3/c1-3-7(13)5(2)11-4-6(9)8(10-11)12(14)15/h4-5H,3H2,1-2H3. The van der Waals surface area contributed by atoms with Crippen LogP contribution in [0.4, 0.5) is 5.82 Å². The van der Waals surface area contributed by atoms with Crippen molar-refractivity contribution in [1.29, 1.82) is 0 Å². The molecule has 0 aromatic carbocycles. The third kappa shape index (κ3) is 2.41. The van der Waals surface area contributed by atoms with Crippen LogP contribution in [0.2, 0.25) is 0 Å². The van der Waals surface area contributed by atoms with Gasteiger partial charge in [0.05, 0.1) is 11.3 Å². The first-order valence-electron chi connectivity index (χ1n) is 4.39. The van der Waals surface area contributed by atoms with Gasteiger partial charge in [0.15, 0.2) is 5.78 Å². The van der Waals surface area contributed by atoms with Crippen LogP contribution in [0, 0.1) is 10.1 Å². The van der Waals surface area contributed by atoms with Crippen LogP contribution in [0.1, 0.15) is 26.3 Å². The van der Waals surface area contributed by atoms with Crippen molar-refractivity contribution in [2.75, 3.05) is 0 Å². The van der Waals surface area contributed by atoms with Crippen molar-refractivity contribution in [3.63, 3.8) is 0 Å². The van der Waals surface area contributed by atoms with Crippen LogP contribution in [0.5, 0.6) is 0 Å². The number of hydrogen-bond acceptors (Lipinski definition) is 4. The van der Waals surface area contributed by atoms with Crippen molar-refractivity contribution in [3.8, 4) is 0 Å². The molecule has 0 saturated carbocycles. The molecule has 1 aromatic heterocycles. The Morgan fingerprint density at radius 2 is 2.40 bits per heavy atom. The SMILES string of the molecule is CCC(=O)C(C)n1cc(Br)c([N+](=O)[O-])n1. The highest BCUT2D eigenvalue weighted by molar-refractivity contribution is 9.10. The van der Waals surface area contributed by atoms with E-state index in [1.165, 1.54) is 10.9 Å². The summed E-state index contributed by atoms with van der Waals surface area (Å²) in [7, 11) is 0. The first-order chi connectivity index (χ1) is 6.97. The van der Waals surface area contributed by atoms with E-state index in [9.17, 15) is 14.9 Å². The van der Waals surface area contributed by atoms with Gasteiger partial charge in [0, 0.05) is 6.42 Å². The van der Waals surface area contributed by atoms with Crippen molar-refractivity contribution in [2.45, 2.75) is 26.3 Å². The number of halogens is 1. The van der Waals surface area contributed by atoms with Gasteiger partial charge in [-0.15, -0.1) is 0 Å². The van der Waals surface area contributed by atoms with E-state index in [-0.39, 0.29) is 16.1 Å². The molecule has 0 aliphatic rings. The highest BCUT2D eigenvalue weighted by Gasteiger charge is 2.24. The van der Waals surface area contributed by atoms with Crippen LogP contribution < -0.4 is 0 Å². The van der Waals surface area contributed by atoms with Gasteiger partial charge in [-0.1, -0.05) is 6.92 Å². The fraction of sp³-hybridized carbons (Fsp3) is 0.500. The fourth-order valence-corrected chi connectivity index (χ4v) is 1.56.